The predicted molar refractivity (Wildman–Crippen MR) is 105 cm³/mol. The second-order valence-corrected chi connectivity index (χ2v) is 7.00. The molecule has 3 rings (SSSR count). The number of alkyl halides is 2. The number of carbonyl (C=O) groups excluding carboxylic acids is 2. The molecule has 1 aromatic carbocycles. The molecule has 1 aromatic heterocycles. The SMILES string of the molecule is Cc1cc(C(C)N2Cc3c(ccnc3C(=O)NCCO)C2=O)ccc1OCC(F)F. The van der Waals surface area contributed by atoms with Crippen molar-refractivity contribution in [3.63, 3.8) is 0 Å². The van der Waals surface area contributed by atoms with E-state index in [2.05, 4.69) is 10.3 Å². The fourth-order valence-electron chi connectivity index (χ4n) is 3.44. The minimum absolute atomic E-state index is 0.0947. The molecule has 7 nitrogen and oxygen atoms in total. The van der Waals surface area contributed by atoms with Crippen LogP contribution in [0.15, 0.2) is 30.5 Å². The largest absolute Gasteiger partial charge is 0.487 e. The number of nitrogens with zero attached hydrogens (tertiary/aromatic N) is 2. The topological polar surface area (TPSA) is 91.8 Å². The molecule has 2 aromatic rings. The average Bonchev–Trinajstić information content (AvgIpc) is 3.07. The van der Waals surface area contributed by atoms with Crippen LogP contribution >= 0.6 is 0 Å². The van der Waals surface area contributed by atoms with Gasteiger partial charge in [0.05, 0.1) is 12.6 Å². The first-order chi connectivity index (χ1) is 14.3. The normalized spacial score (nSPS) is 14.1. The lowest BCUT2D eigenvalue weighted by Crippen LogP contribution is -2.29. The molecule has 9 heteroatoms. The van der Waals surface area contributed by atoms with Crippen LogP contribution in [0.3, 0.4) is 0 Å². The molecule has 1 atom stereocenters. The molecule has 0 radical (unpaired) electrons. The highest BCUT2D eigenvalue weighted by atomic mass is 19.3. The number of ether oxygens (including phenoxy) is 1. The third-order valence-corrected chi connectivity index (χ3v) is 5.00. The van der Waals surface area contributed by atoms with Gasteiger partial charge in [0.15, 0.2) is 0 Å². The minimum atomic E-state index is -2.55. The summed E-state index contributed by atoms with van der Waals surface area (Å²) in [5, 5.41) is 11.5. The van der Waals surface area contributed by atoms with Gasteiger partial charge in [-0.2, -0.15) is 0 Å². The number of benzene rings is 1. The predicted octanol–water partition coefficient (Wildman–Crippen LogP) is 2.47. The zero-order chi connectivity index (χ0) is 21.8. The number of aromatic nitrogens is 1. The highest BCUT2D eigenvalue weighted by molar-refractivity contribution is 6.03. The Labute approximate surface area is 172 Å². The highest BCUT2D eigenvalue weighted by Gasteiger charge is 2.35. The Balaban J connectivity index is 1.81. The van der Waals surface area contributed by atoms with Gasteiger partial charge in [-0.1, -0.05) is 12.1 Å². The van der Waals surface area contributed by atoms with Crippen LogP contribution < -0.4 is 10.1 Å². The minimum Gasteiger partial charge on any atom is -0.487 e. The summed E-state index contributed by atoms with van der Waals surface area (Å²) in [6.07, 6.45) is -1.14. The number of hydrogen-bond acceptors (Lipinski definition) is 5. The van der Waals surface area contributed by atoms with Crippen LogP contribution in [0.25, 0.3) is 0 Å². The van der Waals surface area contributed by atoms with Crippen LogP contribution in [0.2, 0.25) is 0 Å². The molecule has 160 valence electrons. The third kappa shape index (κ3) is 4.40. The van der Waals surface area contributed by atoms with Crippen molar-refractivity contribution in [3.8, 4) is 5.75 Å². The Bertz CT molecular complexity index is 952. The van der Waals surface area contributed by atoms with Crippen LogP contribution in [-0.2, 0) is 6.54 Å². The molecule has 2 heterocycles. The first-order valence-electron chi connectivity index (χ1n) is 9.52. The number of carbonyl (C=O) groups is 2. The van der Waals surface area contributed by atoms with Gasteiger partial charge < -0.3 is 20.1 Å². The van der Waals surface area contributed by atoms with E-state index < -0.39 is 18.9 Å². The van der Waals surface area contributed by atoms with Crippen LogP contribution in [0, 0.1) is 6.92 Å². The highest BCUT2D eigenvalue weighted by Crippen LogP contribution is 2.33. The molecule has 0 saturated carbocycles. The molecule has 0 fully saturated rings. The fraction of sp³-hybridized carbons (Fsp3) is 0.381. The number of halogens is 2. The first kappa shape index (κ1) is 21.6. The zero-order valence-electron chi connectivity index (χ0n) is 16.7. The summed E-state index contributed by atoms with van der Waals surface area (Å²) < 4.78 is 29.9. The number of pyridine rings is 1. The van der Waals surface area contributed by atoms with Gasteiger partial charge in [-0.25, -0.2) is 8.78 Å². The van der Waals surface area contributed by atoms with E-state index in [0.717, 1.165) is 5.56 Å². The van der Waals surface area contributed by atoms with Crippen LogP contribution in [-0.4, -0.2) is 53.0 Å². The first-order valence-corrected chi connectivity index (χ1v) is 9.52. The number of aliphatic hydroxyl groups excluding tert-OH is 1. The van der Waals surface area contributed by atoms with Crippen molar-refractivity contribution in [1.29, 1.82) is 0 Å². The molecule has 1 aliphatic rings. The quantitative estimate of drug-likeness (QED) is 0.686. The number of aliphatic hydroxyl groups is 1. The van der Waals surface area contributed by atoms with Gasteiger partial charge in [-0.05, 0) is 37.1 Å². The lowest BCUT2D eigenvalue weighted by atomic mass is 10.0. The standard InChI is InChI=1S/C21H23F2N3O4/c1-12-9-14(3-4-17(12)30-11-18(22)23)13(2)26-10-16-15(21(26)29)5-6-24-19(16)20(28)25-7-8-27/h3-6,9,13,18,27H,7-8,10-11H2,1-2H3,(H,25,28). The smallest absolute Gasteiger partial charge is 0.272 e. The van der Waals surface area contributed by atoms with Crippen molar-refractivity contribution in [2.75, 3.05) is 19.8 Å². The van der Waals surface area contributed by atoms with Gasteiger partial charge in [-0.3, -0.25) is 14.6 Å². The van der Waals surface area contributed by atoms with Gasteiger partial charge in [-0.15, -0.1) is 0 Å². The number of hydrogen-bond donors (Lipinski definition) is 2. The molecule has 1 unspecified atom stereocenters. The summed E-state index contributed by atoms with van der Waals surface area (Å²) in [6, 6.07) is 6.42. The van der Waals surface area contributed by atoms with Crippen LogP contribution in [0.1, 0.15) is 50.5 Å². The maximum absolute atomic E-state index is 12.9. The number of aryl methyl sites for hydroxylation is 1. The van der Waals surface area contributed by atoms with E-state index in [1.165, 1.54) is 6.20 Å². The Morgan fingerprint density at radius 2 is 2.13 bits per heavy atom. The molecule has 1 aliphatic heterocycles. The molecular formula is C21H23F2N3O4. The number of nitrogens with one attached hydrogen (secondary N) is 1. The molecule has 0 bridgehead atoms. The summed E-state index contributed by atoms with van der Waals surface area (Å²) in [4.78, 5) is 31.0. The Morgan fingerprint density at radius 1 is 1.37 bits per heavy atom. The third-order valence-electron chi connectivity index (χ3n) is 5.00. The van der Waals surface area contributed by atoms with Gasteiger partial charge in [0.1, 0.15) is 18.1 Å². The maximum Gasteiger partial charge on any atom is 0.272 e. The van der Waals surface area contributed by atoms with Gasteiger partial charge >= 0.3 is 0 Å². The van der Waals surface area contributed by atoms with Crippen molar-refractivity contribution in [1.82, 2.24) is 15.2 Å². The summed E-state index contributed by atoms with van der Waals surface area (Å²) in [5.74, 6) is -0.291. The second kappa shape index (κ2) is 9.17. The lowest BCUT2D eigenvalue weighted by molar-refractivity contribution is 0.0713. The van der Waals surface area contributed by atoms with E-state index in [9.17, 15) is 18.4 Å². The van der Waals surface area contributed by atoms with E-state index in [0.29, 0.717) is 22.4 Å². The van der Waals surface area contributed by atoms with E-state index >= 15 is 0 Å². The summed E-state index contributed by atoms with van der Waals surface area (Å²) in [7, 11) is 0. The van der Waals surface area contributed by atoms with E-state index in [1.54, 1.807) is 36.1 Å². The van der Waals surface area contributed by atoms with E-state index in [1.807, 2.05) is 6.92 Å². The van der Waals surface area contributed by atoms with Crippen LogP contribution in [0.5, 0.6) is 5.75 Å². The van der Waals surface area contributed by atoms with Gasteiger partial charge in [0.2, 0.25) is 0 Å². The zero-order valence-corrected chi connectivity index (χ0v) is 16.7. The van der Waals surface area contributed by atoms with Gasteiger partial charge in [0.25, 0.3) is 18.2 Å². The number of rotatable bonds is 8. The summed E-state index contributed by atoms with van der Waals surface area (Å²) in [5.41, 5.74) is 2.63. The second-order valence-electron chi connectivity index (χ2n) is 7.00. The monoisotopic (exact) mass is 419 g/mol. The fourth-order valence-corrected chi connectivity index (χ4v) is 3.44. The van der Waals surface area contributed by atoms with Crippen molar-refractivity contribution < 1.29 is 28.2 Å². The molecule has 0 aliphatic carbocycles. The van der Waals surface area contributed by atoms with E-state index in [-0.39, 0.29) is 37.3 Å². The van der Waals surface area contributed by atoms with Crippen molar-refractivity contribution >= 4 is 11.8 Å². The lowest BCUT2D eigenvalue weighted by Gasteiger charge is -2.25. The van der Waals surface area contributed by atoms with Crippen molar-refractivity contribution in [2.24, 2.45) is 0 Å². The Kier molecular flexibility index (Phi) is 6.61. The molecule has 30 heavy (non-hydrogen) atoms. The summed E-state index contributed by atoms with van der Waals surface area (Å²) >= 11 is 0. The molecule has 0 saturated heterocycles. The van der Waals surface area contributed by atoms with Crippen LogP contribution in [0.4, 0.5) is 8.78 Å². The number of amides is 2. The Hall–Kier alpha value is -3.07. The van der Waals surface area contributed by atoms with Crippen molar-refractivity contribution in [3.05, 3.63) is 58.4 Å². The Morgan fingerprint density at radius 3 is 2.80 bits per heavy atom. The molecule has 0 spiro atoms. The number of fused-ring (bicyclic) bond motifs is 1. The van der Waals surface area contributed by atoms with Crippen molar-refractivity contribution in [2.45, 2.75) is 32.9 Å². The summed E-state index contributed by atoms with van der Waals surface area (Å²) in [6.45, 7) is 3.05. The molecular weight excluding hydrogens is 396 g/mol. The van der Waals surface area contributed by atoms with Gasteiger partial charge in [0, 0.05) is 30.4 Å². The maximum atomic E-state index is 12.9. The average molecular weight is 419 g/mol. The van der Waals surface area contributed by atoms with E-state index in [4.69, 9.17) is 9.84 Å². The molecule has 2 N–H and O–H groups in total. The molecule has 2 amide bonds.